The van der Waals surface area contributed by atoms with Gasteiger partial charge in [-0.05, 0) is 71.5 Å². The summed E-state index contributed by atoms with van der Waals surface area (Å²) in [5, 5.41) is 17.6. The average Bonchev–Trinajstić information content (AvgIpc) is 3.21. The Morgan fingerprint density at radius 3 is 1.21 bits per heavy atom. The molecule has 0 radical (unpaired) electrons. The monoisotopic (exact) mass is 985 g/mol. The summed E-state index contributed by atoms with van der Waals surface area (Å²) in [6, 6.07) is 0. The van der Waals surface area contributed by atoms with Gasteiger partial charge in [-0.2, -0.15) is 6.42 Å². The number of carbonyl (C=O) groups is 1. The minimum absolute atomic E-state index is 0. The predicted molar refractivity (Wildman–Crippen MR) is 254 cm³/mol. The number of hydrogen-bond acceptors (Lipinski definition) is 5. The van der Waals surface area contributed by atoms with E-state index in [1.54, 1.807) is 7.11 Å². The van der Waals surface area contributed by atoms with Crippen LogP contribution in [0.15, 0.2) is 0 Å². The molecule has 0 amide bonds. The largest absolute Gasteiger partial charge is 0.396 e. The minimum atomic E-state index is -0.0250. The van der Waals surface area contributed by atoms with Crippen LogP contribution in [-0.2, 0) is 30.6 Å². The maximum absolute atomic E-state index is 10.9. The van der Waals surface area contributed by atoms with E-state index in [1.807, 2.05) is 6.92 Å². The van der Waals surface area contributed by atoms with E-state index >= 15 is 0 Å². The van der Waals surface area contributed by atoms with E-state index in [0.717, 1.165) is 45.1 Å². The summed E-state index contributed by atoms with van der Waals surface area (Å²) < 4.78 is 4.89. The van der Waals surface area contributed by atoms with Gasteiger partial charge in [-0.1, -0.05) is 209 Å². The van der Waals surface area contributed by atoms with Gasteiger partial charge in [0.05, 0.1) is 6.10 Å². The molecule has 0 spiro atoms. The van der Waals surface area contributed by atoms with Crippen molar-refractivity contribution in [2.45, 2.75) is 273 Å². The molecule has 0 saturated heterocycles. The van der Waals surface area contributed by atoms with Crippen molar-refractivity contribution < 1.29 is 40.8 Å². The number of ether oxygens (including phenoxy) is 1. The van der Waals surface area contributed by atoms with Gasteiger partial charge in [0.1, 0.15) is 6.29 Å². The number of aldehydes is 1. The maximum atomic E-state index is 10.9. The molecule has 0 rings (SSSR count). The zero-order valence-electron chi connectivity index (χ0n) is 40.9. The molecule has 2 N–H and O–H groups in total. The van der Waals surface area contributed by atoms with Crippen molar-refractivity contribution >= 4 is 6.29 Å². The smallest absolute Gasteiger partial charge is 0.123 e. The van der Waals surface area contributed by atoms with Crippen LogP contribution in [0.25, 0.3) is 0 Å². The molecule has 2 unspecified atom stereocenters. The predicted octanol–water partition coefficient (Wildman–Crippen LogP) is 15.9. The molecule has 0 aliphatic rings. The van der Waals surface area contributed by atoms with E-state index in [9.17, 15) is 9.90 Å². The Morgan fingerprint density at radius 2 is 0.860 bits per heavy atom. The van der Waals surface area contributed by atoms with Crippen LogP contribution in [0.1, 0.15) is 267 Å². The van der Waals surface area contributed by atoms with E-state index in [-0.39, 0.29) is 27.2 Å². The molecule has 0 heterocycles. The Labute approximate surface area is 376 Å². The molecular formula is C51H110NO4W-. The molecule has 0 aliphatic carbocycles. The van der Waals surface area contributed by atoms with E-state index in [2.05, 4.69) is 60.4 Å². The first kappa shape index (κ1) is 68.9. The number of nitrogens with zero attached hydrogens (tertiary/aromatic N) is 1. The Hall–Kier alpha value is 0.198. The van der Waals surface area contributed by atoms with Crippen LogP contribution in [0, 0.1) is 12.8 Å². The summed E-state index contributed by atoms with van der Waals surface area (Å²) in [7, 11) is 3.96. The maximum Gasteiger partial charge on any atom is 0.123 e. The van der Waals surface area contributed by atoms with E-state index in [0.29, 0.717) is 12.5 Å². The number of aliphatic hydroxyl groups excluding tert-OH is 2. The van der Waals surface area contributed by atoms with Crippen LogP contribution in [0.2, 0.25) is 0 Å². The molecule has 0 aromatic carbocycles. The van der Waals surface area contributed by atoms with Crippen LogP contribution >= 0.6 is 0 Å². The first-order chi connectivity index (χ1) is 27.3. The summed E-state index contributed by atoms with van der Waals surface area (Å²) in [5.41, 5.74) is 0. The van der Waals surface area contributed by atoms with Crippen molar-refractivity contribution in [3.05, 3.63) is 6.92 Å². The van der Waals surface area contributed by atoms with Gasteiger partial charge >= 0.3 is 0 Å². The van der Waals surface area contributed by atoms with Crippen molar-refractivity contribution in [3.8, 4) is 0 Å². The van der Waals surface area contributed by atoms with Crippen LogP contribution in [0.3, 0.4) is 0 Å². The molecule has 2 atom stereocenters. The fourth-order valence-electron chi connectivity index (χ4n) is 6.31. The van der Waals surface area contributed by atoms with Crippen molar-refractivity contribution in [1.29, 1.82) is 0 Å². The first-order valence-electron chi connectivity index (χ1n) is 25.0. The zero-order chi connectivity index (χ0) is 43.0. The summed E-state index contributed by atoms with van der Waals surface area (Å²) in [6.45, 7) is 22.9. The van der Waals surface area contributed by atoms with Crippen LogP contribution < -0.4 is 0 Å². The van der Waals surface area contributed by atoms with E-state index in [1.165, 1.54) is 199 Å². The average molecular weight is 985 g/mol. The summed E-state index contributed by atoms with van der Waals surface area (Å²) in [5.74, 6) is 0.345. The molecule has 0 bridgehead atoms. The van der Waals surface area contributed by atoms with Gasteiger partial charge in [0, 0.05) is 47.3 Å². The molecule has 5 nitrogen and oxygen atoms in total. The third-order valence-corrected chi connectivity index (χ3v) is 10.2. The first-order valence-corrected chi connectivity index (χ1v) is 25.0. The molecule has 0 aliphatic heterocycles. The van der Waals surface area contributed by atoms with Gasteiger partial charge in [-0.3, -0.25) is 0 Å². The van der Waals surface area contributed by atoms with Gasteiger partial charge in [-0.25, -0.2) is 0 Å². The van der Waals surface area contributed by atoms with Crippen LogP contribution in [0.5, 0.6) is 0 Å². The molecule has 0 aromatic heterocycles. The van der Waals surface area contributed by atoms with E-state index < -0.39 is 0 Å². The van der Waals surface area contributed by atoms with Crippen molar-refractivity contribution in [3.63, 3.8) is 0 Å². The van der Waals surface area contributed by atoms with Gasteiger partial charge in [0.15, 0.2) is 0 Å². The Balaban J connectivity index is -0.000000151. The molecule has 6 heteroatoms. The van der Waals surface area contributed by atoms with Gasteiger partial charge in [-0.15, -0.1) is 0 Å². The van der Waals surface area contributed by atoms with Gasteiger partial charge in [0.25, 0.3) is 0 Å². The topological polar surface area (TPSA) is 70.0 Å². The number of unbranched alkanes of at least 4 members (excludes halogenated alkanes) is 22. The van der Waals surface area contributed by atoms with Crippen LogP contribution in [0.4, 0.5) is 0 Å². The van der Waals surface area contributed by atoms with Crippen LogP contribution in [-0.4, -0.2) is 68.0 Å². The summed E-state index contributed by atoms with van der Waals surface area (Å²) in [4.78, 5) is 13.3. The second kappa shape index (κ2) is 70.7. The number of rotatable bonds is 38. The van der Waals surface area contributed by atoms with Crippen molar-refractivity contribution in [2.24, 2.45) is 5.92 Å². The second-order valence-electron chi connectivity index (χ2n) is 16.4. The number of methoxy groups -OCH3 is 1. The Kier molecular flexibility index (Phi) is 85.5. The quantitative estimate of drug-likeness (QED) is 0.0366. The molecule has 0 aromatic rings. The summed E-state index contributed by atoms with van der Waals surface area (Å²) >= 11 is 0. The Bertz CT molecular complexity index is 604. The standard InChI is InChI=1S/C16H32O.C15H32O.C10H22N.C7H16O.C3H8O.W/c1-3-5-7-9-10-12-14-16(15-17)13-11-8-6-4-2;1-3-5-7-9-10-12-14-15(16)13-11-8-6-4-2;1-4-6-7-8-10-11(3)9-5-2;1-3-4-5-6-7-8-2;1-2-3-4;/h15-16H,3-14H2,1-2H3;15-16H,3-14H2,1-2H3;1,4-10H2,2-3H3;3-7H2,1-2H3;4H,2-3H2,1H3;/q;;-1;;;. The molecule has 350 valence electrons. The fourth-order valence-corrected chi connectivity index (χ4v) is 6.31. The number of carbonyl (C=O) groups excluding carboxylic acids is 1. The number of aliphatic hydroxyl groups is 2. The Morgan fingerprint density at radius 1 is 0.509 bits per heavy atom. The zero-order valence-corrected chi connectivity index (χ0v) is 43.8. The van der Waals surface area contributed by atoms with Gasteiger partial charge < -0.3 is 31.6 Å². The van der Waals surface area contributed by atoms with Gasteiger partial charge in [0.2, 0.25) is 0 Å². The molecule has 0 saturated carbocycles. The third kappa shape index (κ3) is 80.8. The normalized spacial score (nSPS) is 11.4. The SMILES string of the molecule is CCCCCCCCC(C=O)CCCCCC.CCCCCCCCC(O)CCCCCC.CCCCCCOC.CCCO.[CH2-]CCCCCN(C)CCC.[W]. The number of hydrogen-bond donors (Lipinski definition) is 2. The second-order valence-corrected chi connectivity index (χ2v) is 16.4. The fraction of sp³-hybridized carbons (Fsp3) is 0.961. The van der Waals surface area contributed by atoms with E-state index in [4.69, 9.17) is 9.84 Å². The third-order valence-electron chi connectivity index (χ3n) is 10.2. The molecular weight excluding hydrogens is 874 g/mol. The summed E-state index contributed by atoms with van der Waals surface area (Å²) in [6.07, 6.45) is 44.1. The van der Waals surface area contributed by atoms with Crippen molar-refractivity contribution in [2.75, 3.05) is 40.5 Å². The molecule has 0 fully saturated rings. The minimum Gasteiger partial charge on any atom is -0.396 e. The van der Waals surface area contributed by atoms with Crippen molar-refractivity contribution in [1.82, 2.24) is 4.90 Å². The molecule has 57 heavy (non-hydrogen) atoms.